The second kappa shape index (κ2) is 4.01. The van der Waals surface area contributed by atoms with Crippen LogP contribution in [-0.4, -0.2) is 0 Å². The van der Waals surface area contributed by atoms with Crippen LogP contribution in [0.2, 0.25) is 0 Å². The third-order valence-electron chi connectivity index (χ3n) is 4.86. The van der Waals surface area contributed by atoms with Crippen LogP contribution in [0.25, 0.3) is 0 Å². The summed E-state index contributed by atoms with van der Waals surface area (Å²) in [5.74, 6) is 0.696. The second-order valence-corrected chi connectivity index (χ2v) is 6.41. The van der Waals surface area contributed by atoms with E-state index in [1.165, 1.54) is 17.6 Å². The first-order valence-electron chi connectivity index (χ1n) is 6.62. The third kappa shape index (κ3) is 1.84. The molecule has 1 aliphatic rings. The van der Waals surface area contributed by atoms with E-state index in [2.05, 4.69) is 71.0 Å². The van der Waals surface area contributed by atoms with Crippen molar-refractivity contribution in [3.05, 3.63) is 47.5 Å². The van der Waals surface area contributed by atoms with Crippen LogP contribution in [0.4, 0.5) is 0 Å². The molecule has 0 N–H and O–H groups in total. The summed E-state index contributed by atoms with van der Waals surface area (Å²) in [7, 11) is 0. The summed E-state index contributed by atoms with van der Waals surface area (Å²) < 4.78 is 0. The van der Waals surface area contributed by atoms with Crippen molar-refractivity contribution in [2.45, 2.75) is 46.5 Å². The van der Waals surface area contributed by atoms with Crippen molar-refractivity contribution in [3.8, 4) is 0 Å². The molecule has 0 spiro atoms. The topological polar surface area (TPSA) is 0 Å². The van der Waals surface area contributed by atoms with Gasteiger partial charge in [-0.3, -0.25) is 0 Å². The average Bonchev–Trinajstić information content (AvgIpc) is 2.26. The van der Waals surface area contributed by atoms with Crippen LogP contribution in [0.3, 0.4) is 0 Å². The molecule has 0 fully saturated rings. The Morgan fingerprint density at radius 1 is 1.06 bits per heavy atom. The summed E-state index contributed by atoms with van der Waals surface area (Å²) in [6, 6.07) is 11.0. The molecule has 0 heterocycles. The van der Waals surface area contributed by atoms with E-state index in [1.807, 2.05) is 0 Å². The first-order chi connectivity index (χ1) is 7.88. The van der Waals surface area contributed by atoms with Crippen LogP contribution in [0.5, 0.6) is 0 Å². The molecular weight excluding hydrogens is 204 g/mol. The lowest BCUT2D eigenvalue weighted by Crippen LogP contribution is -2.44. The highest BCUT2D eigenvalue weighted by Gasteiger charge is 2.46. The van der Waals surface area contributed by atoms with Crippen LogP contribution in [0, 0.1) is 11.3 Å². The largest absolute Gasteiger partial charge is 0.0818 e. The van der Waals surface area contributed by atoms with Gasteiger partial charge in [0.15, 0.2) is 0 Å². The maximum absolute atomic E-state index is 2.46. The Labute approximate surface area is 106 Å². The summed E-state index contributed by atoms with van der Waals surface area (Å²) in [5, 5.41) is 0. The summed E-state index contributed by atoms with van der Waals surface area (Å²) in [6.07, 6.45) is 3.72. The molecule has 0 bridgehead atoms. The number of allylic oxidation sites excluding steroid dienone is 2. The Kier molecular flexibility index (Phi) is 2.93. The minimum absolute atomic E-state index is 0.167. The monoisotopic (exact) mass is 228 g/mol. The van der Waals surface area contributed by atoms with E-state index in [0.717, 1.165) is 0 Å². The Hall–Kier alpha value is -1.04. The van der Waals surface area contributed by atoms with Crippen LogP contribution < -0.4 is 0 Å². The highest BCUT2D eigenvalue weighted by molar-refractivity contribution is 5.39. The fourth-order valence-electron chi connectivity index (χ4n) is 3.59. The highest BCUT2D eigenvalue weighted by atomic mass is 14.5. The molecule has 0 saturated heterocycles. The zero-order valence-electron chi connectivity index (χ0n) is 11.7. The van der Waals surface area contributed by atoms with Crippen molar-refractivity contribution in [2.75, 3.05) is 0 Å². The van der Waals surface area contributed by atoms with Gasteiger partial charge in [0.05, 0.1) is 0 Å². The maximum Gasteiger partial charge on any atom is 0.0182 e. The van der Waals surface area contributed by atoms with E-state index < -0.39 is 0 Å². The quantitative estimate of drug-likeness (QED) is 0.596. The molecule has 0 radical (unpaired) electrons. The summed E-state index contributed by atoms with van der Waals surface area (Å²) in [6.45, 7) is 11.8. The summed E-state index contributed by atoms with van der Waals surface area (Å²) >= 11 is 0. The molecule has 1 aliphatic carbocycles. The zero-order valence-corrected chi connectivity index (χ0v) is 11.7. The minimum atomic E-state index is 0.167. The van der Waals surface area contributed by atoms with E-state index >= 15 is 0 Å². The van der Waals surface area contributed by atoms with Gasteiger partial charge >= 0.3 is 0 Å². The zero-order chi connectivity index (χ0) is 12.7. The van der Waals surface area contributed by atoms with Crippen molar-refractivity contribution in [2.24, 2.45) is 11.3 Å². The lowest BCUT2D eigenvalue weighted by molar-refractivity contribution is 0.161. The first kappa shape index (κ1) is 12.4. The van der Waals surface area contributed by atoms with Crippen molar-refractivity contribution >= 4 is 0 Å². The van der Waals surface area contributed by atoms with Crippen LogP contribution in [-0.2, 0) is 5.41 Å². The molecular formula is C17H24. The third-order valence-corrected chi connectivity index (χ3v) is 4.86. The van der Waals surface area contributed by atoms with Crippen molar-refractivity contribution < 1.29 is 0 Å². The fraction of sp³-hybridized carbons (Fsp3) is 0.529. The first-order valence-corrected chi connectivity index (χ1v) is 6.62. The molecule has 0 heteroatoms. The van der Waals surface area contributed by atoms with E-state index in [-0.39, 0.29) is 5.41 Å². The van der Waals surface area contributed by atoms with Gasteiger partial charge in [0.1, 0.15) is 0 Å². The molecule has 17 heavy (non-hydrogen) atoms. The van der Waals surface area contributed by atoms with Gasteiger partial charge in [-0.1, -0.05) is 69.7 Å². The molecule has 1 aromatic carbocycles. The van der Waals surface area contributed by atoms with E-state index in [4.69, 9.17) is 0 Å². The predicted octanol–water partition coefficient (Wildman–Crippen LogP) is 4.96. The van der Waals surface area contributed by atoms with Gasteiger partial charge in [-0.15, -0.1) is 0 Å². The minimum Gasteiger partial charge on any atom is -0.0818 e. The van der Waals surface area contributed by atoms with Crippen molar-refractivity contribution in [1.82, 2.24) is 0 Å². The van der Waals surface area contributed by atoms with Crippen LogP contribution in [0.15, 0.2) is 42.0 Å². The second-order valence-electron chi connectivity index (χ2n) is 6.41. The average molecular weight is 228 g/mol. The summed E-state index contributed by atoms with van der Waals surface area (Å²) in [5.41, 5.74) is 3.45. The van der Waals surface area contributed by atoms with E-state index in [9.17, 15) is 0 Å². The number of benzene rings is 1. The van der Waals surface area contributed by atoms with Gasteiger partial charge in [-0.05, 0) is 30.2 Å². The summed E-state index contributed by atoms with van der Waals surface area (Å²) in [4.78, 5) is 0. The van der Waals surface area contributed by atoms with Crippen LogP contribution >= 0.6 is 0 Å². The van der Waals surface area contributed by atoms with Crippen LogP contribution in [0.1, 0.15) is 46.6 Å². The van der Waals surface area contributed by atoms with Crippen molar-refractivity contribution in [3.63, 3.8) is 0 Å². The van der Waals surface area contributed by atoms with Gasteiger partial charge < -0.3 is 0 Å². The van der Waals surface area contributed by atoms with Gasteiger partial charge in [-0.25, -0.2) is 0 Å². The smallest absolute Gasteiger partial charge is 0.0182 e. The molecule has 92 valence electrons. The van der Waals surface area contributed by atoms with Gasteiger partial charge in [0, 0.05) is 5.41 Å². The lowest BCUT2D eigenvalue weighted by Gasteiger charge is -2.50. The van der Waals surface area contributed by atoms with E-state index in [1.54, 1.807) is 0 Å². The Balaban J connectivity index is 2.58. The standard InChI is InChI=1S/C17H24/c1-13-11-14(2)17(5,16(3,4)12-13)15-9-7-6-8-10-15/h6-11,13H,12H2,1-5H3. The van der Waals surface area contributed by atoms with E-state index in [0.29, 0.717) is 11.3 Å². The Morgan fingerprint density at radius 2 is 1.65 bits per heavy atom. The highest BCUT2D eigenvalue weighted by Crippen LogP contribution is 2.53. The molecule has 2 atom stereocenters. The Morgan fingerprint density at radius 3 is 2.18 bits per heavy atom. The van der Waals surface area contributed by atoms with Gasteiger partial charge in [0.25, 0.3) is 0 Å². The van der Waals surface area contributed by atoms with Gasteiger partial charge in [0.2, 0.25) is 0 Å². The number of hydrogen-bond donors (Lipinski definition) is 0. The maximum atomic E-state index is 2.46. The molecule has 2 rings (SSSR count). The Bertz CT molecular complexity index is 425. The lowest BCUT2D eigenvalue weighted by atomic mass is 9.54. The molecule has 0 amide bonds. The normalized spacial score (nSPS) is 32.1. The number of rotatable bonds is 1. The molecule has 1 aromatic rings. The molecule has 0 saturated carbocycles. The van der Waals surface area contributed by atoms with Crippen molar-refractivity contribution in [1.29, 1.82) is 0 Å². The predicted molar refractivity (Wildman–Crippen MR) is 75.1 cm³/mol. The number of hydrogen-bond acceptors (Lipinski definition) is 0. The fourth-order valence-corrected chi connectivity index (χ4v) is 3.59. The molecule has 0 nitrogen and oxygen atoms in total. The molecule has 0 aromatic heterocycles. The molecule has 0 aliphatic heterocycles. The molecule has 2 unspecified atom stereocenters. The van der Waals surface area contributed by atoms with Gasteiger partial charge in [-0.2, -0.15) is 0 Å². The SMILES string of the molecule is CC1=CC(C)CC(C)(C)C1(C)c1ccccc1.